The molecular weight excluding hydrogens is 101 g/mol. The highest BCUT2D eigenvalue weighted by atomic mass is 31.1. The summed E-state index contributed by atoms with van der Waals surface area (Å²) in [6.45, 7) is -0.162. The molecule has 0 amide bonds. The van der Waals surface area contributed by atoms with Crippen molar-refractivity contribution in [3.8, 4) is 0 Å². The average molecular weight is 107 g/mol. The van der Waals surface area contributed by atoms with E-state index in [2.05, 4.69) is 0 Å². The molecule has 0 aliphatic carbocycles. The fourth-order valence-corrected chi connectivity index (χ4v) is 0.0775. The third-order valence-corrected chi connectivity index (χ3v) is 0.749. The maximum Gasteiger partial charge on any atom is 0.250 e. The summed E-state index contributed by atoms with van der Waals surface area (Å²) >= 11 is 0. The first kappa shape index (κ1) is 6.02. The van der Waals surface area contributed by atoms with Crippen LogP contribution in [0.2, 0.25) is 0 Å². The molecule has 0 radical (unpaired) electrons. The smallest absolute Gasteiger partial charge is 0.250 e. The minimum absolute atomic E-state index is 0.139. The maximum atomic E-state index is 9.60. The van der Waals surface area contributed by atoms with E-state index in [0.29, 0.717) is 0 Å². The Hall–Kier alpha value is 0.0200. The van der Waals surface area contributed by atoms with Crippen LogP contribution in [-0.2, 0) is 4.57 Å². The predicted molar refractivity (Wildman–Crippen MR) is 22.5 cm³/mol. The summed E-state index contributed by atoms with van der Waals surface area (Å²) < 4.78 is 10.8. The lowest BCUT2D eigenvalue weighted by Crippen LogP contribution is -2.04. The molecule has 0 fully saturated rings. The van der Waals surface area contributed by atoms with Crippen molar-refractivity contribution >= 4 is 8.61 Å². The molecule has 0 aromatic heterocycles. The molecule has 6 heavy (non-hydrogen) atoms. The topological polar surface area (TPSA) is 40.5 Å². The molecule has 36 valence electrons. The molecule has 0 atom stereocenters. The highest BCUT2D eigenvalue weighted by Gasteiger charge is 1.85. The highest BCUT2D eigenvalue weighted by molar-refractivity contribution is 7.20. The lowest BCUT2D eigenvalue weighted by molar-refractivity contribution is 0.204. The molecule has 3 nitrogen and oxygen atoms in total. The molecule has 0 saturated carbocycles. The van der Waals surface area contributed by atoms with Gasteiger partial charge in [0.1, 0.15) is 6.73 Å². The average Bonchev–Trinajstić information content (AvgIpc) is 1.65. The molecule has 0 rings (SSSR count). The second kappa shape index (κ2) is 3.22. The monoisotopic (exact) mass is 107 g/mol. The van der Waals surface area contributed by atoms with Crippen LogP contribution >= 0.6 is 8.61 Å². The van der Waals surface area contributed by atoms with E-state index in [1.54, 1.807) is 0 Å². The number of hydrogen-bond acceptors (Lipinski definition) is 2. The largest absolute Gasteiger partial charge is 0.380 e. The van der Waals surface area contributed by atoms with Crippen LogP contribution in [0.1, 0.15) is 0 Å². The van der Waals surface area contributed by atoms with E-state index in [4.69, 9.17) is 5.11 Å². The summed E-state index contributed by atoms with van der Waals surface area (Å²) in [5, 5.41) is 8.05. The molecule has 0 bridgehead atoms. The number of aliphatic hydroxyl groups excluding tert-OH is 1. The number of rotatable bonds is 2. The molecule has 1 N–H and O–H groups in total. The molecule has 0 aliphatic rings. The number of aliphatic hydroxyl groups is 1. The molecule has 0 saturated heterocycles. The Labute approximate surface area is 37.8 Å². The van der Waals surface area contributed by atoms with Crippen molar-refractivity contribution in [3.05, 3.63) is 0 Å². The zero-order valence-corrected chi connectivity index (χ0v) is 4.35. The van der Waals surface area contributed by atoms with Gasteiger partial charge in [0.25, 0.3) is 8.61 Å². The van der Waals surface area contributed by atoms with E-state index in [1.807, 2.05) is 0 Å². The van der Waals surface area contributed by atoms with Gasteiger partial charge in [-0.05, 0) is 0 Å². The zero-order valence-electron chi connectivity index (χ0n) is 3.46. The van der Waals surface area contributed by atoms with Crippen LogP contribution < -0.4 is 0 Å². The van der Waals surface area contributed by atoms with Crippen LogP contribution in [0, 0.1) is 0 Å². The Balaban J connectivity index is 2.96. The van der Waals surface area contributed by atoms with Gasteiger partial charge in [-0.1, -0.05) is 0 Å². The molecule has 0 unspecified atom stereocenters. The van der Waals surface area contributed by atoms with Gasteiger partial charge in [-0.25, -0.2) is 4.67 Å². The van der Waals surface area contributed by atoms with Crippen molar-refractivity contribution in [2.45, 2.75) is 0 Å². The van der Waals surface area contributed by atoms with Crippen molar-refractivity contribution in [2.24, 2.45) is 0 Å². The quantitative estimate of drug-likeness (QED) is 0.401. The fourth-order valence-electron chi connectivity index (χ4n) is 0.0258. The minimum atomic E-state index is -0.162. The van der Waals surface area contributed by atoms with Gasteiger partial charge in [-0.3, -0.25) is 4.57 Å². The Morgan fingerprint density at radius 1 is 2.00 bits per heavy atom. The van der Waals surface area contributed by atoms with Crippen molar-refractivity contribution < 1.29 is 9.67 Å². The van der Waals surface area contributed by atoms with E-state index >= 15 is 0 Å². The van der Waals surface area contributed by atoms with Gasteiger partial charge in [0.15, 0.2) is 0 Å². The maximum absolute atomic E-state index is 9.60. The lowest BCUT2D eigenvalue weighted by Gasteiger charge is -1.95. The van der Waals surface area contributed by atoms with Crippen LogP contribution in [0.25, 0.3) is 0 Å². The van der Waals surface area contributed by atoms with Crippen LogP contribution in [0.15, 0.2) is 0 Å². The summed E-state index contributed by atoms with van der Waals surface area (Å²) in [4.78, 5) is 0. The predicted octanol–water partition coefficient (Wildman–Crippen LogP) is 0.0747. The van der Waals surface area contributed by atoms with E-state index in [9.17, 15) is 4.57 Å². The van der Waals surface area contributed by atoms with Crippen molar-refractivity contribution in [1.29, 1.82) is 0 Å². The Morgan fingerprint density at radius 2 is 2.50 bits per heavy atom. The van der Waals surface area contributed by atoms with Crippen LogP contribution in [-0.4, -0.2) is 23.6 Å². The van der Waals surface area contributed by atoms with Gasteiger partial charge in [-0.15, -0.1) is 0 Å². The van der Waals surface area contributed by atoms with Gasteiger partial charge in [0.05, 0.1) is 0 Å². The molecule has 0 spiro atoms. The standard InChI is InChI=1S/C2H6NO2P/c1-3(2-4)6-5/h4H,2H2,1H3. The Morgan fingerprint density at radius 3 is 2.50 bits per heavy atom. The number of hydrogen-bond donors (Lipinski definition) is 1. The van der Waals surface area contributed by atoms with Gasteiger partial charge in [-0.2, -0.15) is 0 Å². The third kappa shape index (κ3) is 2.27. The van der Waals surface area contributed by atoms with Gasteiger partial charge >= 0.3 is 0 Å². The second-order valence-electron chi connectivity index (χ2n) is 0.881. The SMILES string of the molecule is CN(CO)P=O. The van der Waals surface area contributed by atoms with E-state index in [-0.39, 0.29) is 15.3 Å². The van der Waals surface area contributed by atoms with E-state index in [0.717, 1.165) is 0 Å². The first-order chi connectivity index (χ1) is 2.81. The highest BCUT2D eigenvalue weighted by Crippen LogP contribution is 1.94. The summed E-state index contributed by atoms with van der Waals surface area (Å²) in [5.74, 6) is 0. The molecule has 0 heterocycles. The molecule has 0 aromatic rings. The first-order valence-corrected chi connectivity index (χ1v) is 2.23. The molecular formula is C2H6NO2P. The first-order valence-electron chi connectivity index (χ1n) is 1.46. The van der Waals surface area contributed by atoms with Crippen LogP contribution in [0.4, 0.5) is 0 Å². The Bertz CT molecular complexity index is 48.8. The van der Waals surface area contributed by atoms with Gasteiger partial charge in [0, 0.05) is 7.05 Å². The van der Waals surface area contributed by atoms with Gasteiger partial charge < -0.3 is 5.11 Å². The number of nitrogens with zero attached hydrogens (tertiary/aromatic N) is 1. The minimum Gasteiger partial charge on any atom is -0.380 e. The van der Waals surface area contributed by atoms with Crippen LogP contribution in [0.3, 0.4) is 0 Å². The normalized spacial score (nSPS) is 10.5. The second-order valence-corrected chi connectivity index (χ2v) is 1.73. The molecule has 0 aromatic carbocycles. The van der Waals surface area contributed by atoms with Crippen molar-refractivity contribution in [3.63, 3.8) is 0 Å². The van der Waals surface area contributed by atoms with Crippen molar-refractivity contribution in [2.75, 3.05) is 13.8 Å². The summed E-state index contributed by atoms with van der Waals surface area (Å²) in [7, 11) is 1.40. The Kier molecular flexibility index (Phi) is 3.23. The fraction of sp³-hybridized carbons (Fsp3) is 1.00. The zero-order chi connectivity index (χ0) is 4.99. The lowest BCUT2D eigenvalue weighted by atomic mass is 11.2. The summed E-state index contributed by atoms with van der Waals surface area (Å²) in [5.41, 5.74) is 0. The summed E-state index contributed by atoms with van der Waals surface area (Å²) in [6.07, 6.45) is 0. The van der Waals surface area contributed by atoms with Gasteiger partial charge in [0.2, 0.25) is 0 Å². The van der Waals surface area contributed by atoms with Crippen LogP contribution in [0.5, 0.6) is 0 Å². The third-order valence-electron chi connectivity index (χ3n) is 0.344. The summed E-state index contributed by atoms with van der Waals surface area (Å²) in [6, 6.07) is 0. The van der Waals surface area contributed by atoms with E-state index in [1.165, 1.54) is 11.7 Å². The van der Waals surface area contributed by atoms with E-state index < -0.39 is 0 Å². The molecule has 0 aliphatic heterocycles. The molecule has 4 heteroatoms. The van der Waals surface area contributed by atoms with Crippen molar-refractivity contribution in [1.82, 2.24) is 4.67 Å².